The Balaban J connectivity index is 1.18. The zero-order chi connectivity index (χ0) is 24.6. The molecule has 1 aliphatic carbocycles. The number of piperidine rings is 1. The fourth-order valence-electron chi connectivity index (χ4n) is 5.65. The number of H-pyrrole nitrogens is 1. The first-order chi connectivity index (χ1) is 17.0. The van der Waals surface area contributed by atoms with Crippen LogP contribution in [0, 0.1) is 11.8 Å². The SMILES string of the molecule is O=C(CCN1CCCCC1)NCC1CCCC(CNC[C@H](O)c2ccc(O)c3[nH]c(=O)ccc23)C1. The molecule has 1 amide bonds. The van der Waals surface area contributed by atoms with Crippen LogP contribution in [0.1, 0.15) is 63.0 Å². The Kier molecular flexibility index (Phi) is 9.18. The van der Waals surface area contributed by atoms with E-state index >= 15 is 0 Å². The monoisotopic (exact) mass is 484 g/mol. The lowest BCUT2D eigenvalue weighted by atomic mass is 9.81. The number of carbonyl (C=O) groups is 1. The number of fused-ring (bicyclic) bond motifs is 1. The van der Waals surface area contributed by atoms with Crippen molar-refractivity contribution < 1.29 is 15.0 Å². The Morgan fingerprint density at radius 1 is 1.06 bits per heavy atom. The van der Waals surface area contributed by atoms with Crippen molar-refractivity contribution in [1.29, 1.82) is 0 Å². The van der Waals surface area contributed by atoms with E-state index in [4.69, 9.17) is 0 Å². The van der Waals surface area contributed by atoms with E-state index in [0.29, 0.717) is 41.3 Å². The maximum absolute atomic E-state index is 12.3. The number of likely N-dealkylation sites (tertiary alicyclic amines) is 1. The third-order valence-electron chi connectivity index (χ3n) is 7.62. The number of aliphatic hydroxyl groups is 1. The summed E-state index contributed by atoms with van der Waals surface area (Å²) in [7, 11) is 0. The second-order valence-electron chi connectivity index (χ2n) is 10.3. The van der Waals surface area contributed by atoms with Crippen molar-refractivity contribution in [3.8, 4) is 5.75 Å². The van der Waals surface area contributed by atoms with Crippen LogP contribution in [-0.2, 0) is 4.79 Å². The van der Waals surface area contributed by atoms with Crippen LogP contribution in [0.4, 0.5) is 0 Å². The molecular weight excluding hydrogens is 444 g/mol. The van der Waals surface area contributed by atoms with Gasteiger partial charge in [-0.3, -0.25) is 9.59 Å². The predicted octanol–water partition coefficient (Wildman–Crippen LogP) is 2.66. The number of aromatic hydroxyl groups is 1. The van der Waals surface area contributed by atoms with Crippen molar-refractivity contribution in [1.82, 2.24) is 20.5 Å². The minimum atomic E-state index is -0.748. The number of amides is 1. The fourth-order valence-corrected chi connectivity index (χ4v) is 5.65. The van der Waals surface area contributed by atoms with E-state index in [0.717, 1.165) is 52.0 Å². The number of hydrogen-bond acceptors (Lipinski definition) is 6. The average Bonchev–Trinajstić information content (AvgIpc) is 2.87. The molecule has 0 spiro atoms. The highest BCUT2D eigenvalue weighted by Crippen LogP contribution is 2.30. The first-order valence-corrected chi connectivity index (χ1v) is 13.2. The lowest BCUT2D eigenvalue weighted by Crippen LogP contribution is -2.37. The van der Waals surface area contributed by atoms with E-state index in [9.17, 15) is 19.8 Å². The van der Waals surface area contributed by atoms with Crippen LogP contribution in [0.5, 0.6) is 5.75 Å². The number of aromatic amines is 1. The van der Waals surface area contributed by atoms with Gasteiger partial charge in [-0.1, -0.05) is 18.9 Å². The Morgan fingerprint density at radius 3 is 2.63 bits per heavy atom. The lowest BCUT2D eigenvalue weighted by molar-refractivity contribution is -0.121. The molecule has 2 fully saturated rings. The van der Waals surface area contributed by atoms with Crippen LogP contribution < -0.4 is 16.2 Å². The molecule has 3 atom stereocenters. The third kappa shape index (κ3) is 7.29. The van der Waals surface area contributed by atoms with Crippen molar-refractivity contribution in [2.45, 2.75) is 57.5 Å². The number of benzene rings is 1. The standard InChI is InChI=1S/C27H40N4O4/c32-23-9-7-21(22-8-10-26(35)30-27(22)23)24(33)18-28-16-19-5-4-6-20(15-19)17-29-25(34)11-14-31-12-2-1-3-13-31/h7-10,19-20,24,28,32-33H,1-6,11-18H2,(H,29,34)(H,30,35)/t19?,20?,24-/m0/s1. The second-order valence-corrected chi connectivity index (χ2v) is 10.3. The number of hydrogen-bond donors (Lipinski definition) is 5. The smallest absolute Gasteiger partial charge is 0.248 e. The van der Waals surface area contributed by atoms with E-state index < -0.39 is 6.10 Å². The van der Waals surface area contributed by atoms with Crippen LogP contribution in [0.25, 0.3) is 10.9 Å². The first-order valence-electron chi connectivity index (χ1n) is 13.2. The van der Waals surface area contributed by atoms with Crippen molar-refractivity contribution >= 4 is 16.8 Å². The van der Waals surface area contributed by atoms with Crippen LogP contribution in [0.3, 0.4) is 0 Å². The molecule has 2 aromatic rings. The lowest BCUT2D eigenvalue weighted by Gasteiger charge is -2.30. The molecule has 5 N–H and O–H groups in total. The molecule has 1 saturated carbocycles. The summed E-state index contributed by atoms with van der Waals surface area (Å²) >= 11 is 0. The Labute approximate surface area is 207 Å². The molecule has 8 heteroatoms. The zero-order valence-electron chi connectivity index (χ0n) is 20.6. The van der Waals surface area contributed by atoms with E-state index in [-0.39, 0.29) is 17.2 Å². The number of phenolic OH excluding ortho intramolecular Hbond substituents is 1. The number of aromatic nitrogens is 1. The quantitative estimate of drug-likeness (QED) is 0.354. The highest BCUT2D eigenvalue weighted by Gasteiger charge is 2.23. The van der Waals surface area contributed by atoms with Gasteiger partial charge in [-0.2, -0.15) is 0 Å². The highest BCUT2D eigenvalue weighted by molar-refractivity contribution is 5.87. The third-order valence-corrected chi connectivity index (χ3v) is 7.62. The van der Waals surface area contributed by atoms with Gasteiger partial charge in [0.2, 0.25) is 11.5 Å². The van der Waals surface area contributed by atoms with Crippen molar-refractivity contribution in [2.75, 3.05) is 39.3 Å². The van der Waals surface area contributed by atoms with Crippen molar-refractivity contribution in [3.63, 3.8) is 0 Å². The molecule has 8 nitrogen and oxygen atoms in total. The number of aliphatic hydroxyl groups excluding tert-OH is 1. The minimum Gasteiger partial charge on any atom is -0.506 e. The van der Waals surface area contributed by atoms with Gasteiger partial charge in [-0.15, -0.1) is 0 Å². The number of carbonyl (C=O) groups excluding carboxylic acids is 1. The zero-order valence-corrected chi connectivity index (χ0v) is 20.6. The van der Waals surface area contributed by atoms with Gasteiger partial charge in [0.25, 0.3) is 0 Å². The molecule has 0 radical (unpaired) electrons. The molecule has 192 valence electrons. The van der Waals surface area contributed by atoms with Gasteiger partial charge in [0.05, 0.1) is 11.6 Å². The summed E-state index contributed by atoms with van der Waals surface area (Å²) in [6.45, 7) is 5.10. The predicted molar refractivity (Wildman–Crippen MR) is 137 cm³/mol. The van der Waals surface area contributed by atoms with Gasteiger partial charge in [-0.05, 0) is 81.3 Å². The van der Waals surface area contributed by atoms with E-state index in [1.807, 2.05) is 0 Å². The molecule has 2 unspecified atom stereocenters. The average molecular weight is 485 g/mol. The van der Waals surface area contributed by atoms with E-state index in [1.165, 1.54) is 37.8 Å². The van der Waals surface area contributed by atoms with Crippen LogP contribution >= 0.6 is 0 Å². The van der Waals surface area contributed by atoms with Gasteiger partial charge >= 0.3 is 0 Å². The number of pyridine rings is 1. The van der Waals surface area contributed by atoms with E-state index in [1.54, 1.807) is 12.1 Å². The molecule has 1 aliphatic heterocycles. The molecular formula is C27H40N4O4. The largest absolute Gasteiger partial charge is 0.506 e. The summed E-state index contributed by atoms with van der Waals surface area (Å²) < 4.78 is 0. The summed E-state index contributed by atoms with van der Waals surface area (Å²) in [5, 5.41) is 28.0. The molecule has 2 aliphatic rings. The van der Waals surface area contributed by atoms with Crippen molar-refractivity contribution in [2.24, 2.45) is 11.8 Å². The van der Waals surface area contributed by atoms with Crippen molar-refractivity contribution in [3.05, 3.63) is 40.2 Å². The summed E-state index contributed by atoms with van der Waals surface area (Å²) in [6.07, 6.45) is 8.23. The summed E-state index contributed by atoms with van der Waals surface area (Å²) in [6, 6.07) is 6.25. The first kappa shape index (κ1) is 25.7. The molecule has 1 saturated heterocycles. The maximum atomic E-state index is 12.3. The molecule has 4 rings (SSSR count). The van der Waals surface area contributed by atoms with Crippen LogP contribution in [-0.4, -0.2) is 65.3 Å². The number of phenols is 1. The molecule has 35 heavy (non-hydrogen) atoms. The molecule has 0 bridgehead atoms. The summed E-state index contributed by atoms with van der Waals surface area (Å²) in [5.41, 5.74) is 0.736. The minimum absolute atomic E-state index is 0.00607. The van der Waals surface area contributed by atoms with Gasteiger partial charge in [-0.25, -0.2) is 0 Å². The number of nitrogens with one attached hydrogen (secondary N) is 3. The van der Waals surface area contributed by atoms with Gasteiger partial charge in [0.15, 0.2) is 0 Å². The Bertz CT molecular complexity index is 1030. The van der Waals surface area contributed by atoms with E-state index in [2.05, 4.69) is 20.5 Å². The second kappa shape index (κ2) is 12.5. The highest BCUT2D eigenvalue weighted by atomic mass is 16.3. The molecule has 2 heterocycles. The van der Waals surface area contributed by atoms with Gasteiger partial charge in [0, 0.05) is 37.5 Å². The summed E-state index contributed by atoms with van der Waals surface area (Å²) in [5.74, 6) is 1.20. The Hall–Kier alpha value is -2.42. The topological polar surface area (TPSA) is 118 Å². The van der Waals surface area contributed by atoms with Crippen LogP contribution in [0.15, 0.2) is 29.1 Å². The summed E-state index contributed by atoms with van der Waals surface area (Å²) in [4.78, 5) is 29.0. The molecule has 1 aromatic carbocycles. The maximum Gasteiger partial charge on any atom is 0.248 e. The number of nitrogens with zero attached hydrogens (tertiary/aromatic N) is 1. The normalized spacial score (nSPS) is 22.2. The molecule has 1 aromatic heterocycles. The Morgan fingerprint density at radius 2 is 1.83 bits per heavy atom. The fraction of sp³-hybridized carbons (Fsp3) is 0.630. The van der Waals surface area contributed by atoms with Gasteiger partial charge in [0.1, 0.15) is 5.75 Å². The van der Waals surface area contributed by atoms with Crippen LogP contribution in [0.2, 0.25) is 0 Å². The van der Waals surface area contributed by atoms with Gasteiger partial charge < -0.3 is 30.7 Å². The number of rotatable bonds is 10.